The molecule has 130 valence electrons. The Kier molecular flexibility index (Phi) is 11.6. The highest BCUT2D eigenvalue weighted by Gasteiger charge is 2.18. The lowest BCUT2D eigenvalue weighted by Gasteiger charge is -2.23. The molecule has 0 bridgehead atoms. The van der Waals surface area contributed by atoms with E-state index in [0.717, 1.165) is 10.0 Å². The minimum atomic E-state index is -0.226. The number of nitrogens with zero attached hydrogens (tertiary/aromatic N) is 1. The van der Waals surface area contributed by atoms with Crippen molar-refractivity contribution in [1.29, 1.82) is 5.26 Å². The molecule has 0 amide bonds. The Hall–Kier alpha value is -1.83. The van der Waals surface area contributed by atoms with Crippen molar-refractivity contribution in [2.45, 2.75) is 46.8 Å². The van der Waals surface area contributed by atoms with Gasteiger partial charge in [-0.1, -0.05) is 55.8 Å². The molecule has 2 rings (SSSR count). The molecular weight excluding hydrogens is 364 g/mol. The van der Waals surface area contributed by atoms with Crippen molar-refractivity contribution in [1.82, 2.24) is 0 Å². The summed E-state index contributed by atoms with van der Waals surface area (Å²) in [6.07, 6.45) is -0.226. The Morgan fingerprint density at radius 2 is 1.46 bits per heavy atom. The lowest BCUT2D eigenvalue weighted by molar-refractivity contribution is 0.180. The summed E-state index contributed by atoms with van der Waals surface area (Å²) in [5.41, 5.74) is 7.65. The predicted octanol–water partition coefficient (Wildman–Crippen LogP) is 5.84. The average Bonchev–Trinajstić information content (AvgIpc) is 2.64. The maximum absolute atomic E-state index is 8.79. The van der Waals surface area contributed by atoms with Crippen LogP contribution in [0.4, 0.5) is 0 Å². The van der Waals surface area contributed by atoms with Gasteiger partial charge < -0.3 is 10.5 Å². The predicted molar refractivity (Wildman–Crippen MR) is 105 cm³/mol. The van der Waals surface area contributed by atoms with E-state index in [-0.39, 0.29) is 12.1 Å². The largest absolute Gasteiger partial charge is 0.484 e. The number of rotatable bonds is 4. The quantitative estimate of drug-likeness (QED) is 0.712. The summed E-state index contributed by atoms with van der Waals surface area (Å²) in [4.78, 5) is 0. The van der Waals surface area contributed by atoms with Crippen molar-refractivity contribution in [3.63, 3.8) is 0 Å². The molecule has 2 aromatic rings. The van der Waals surface area contributed by atoms with E-state index in [0.29, 0.717) is 11.3 Å². The summed E-state index contributed by atoms with van der Waals surface area (Å²) in [5.74, 6) is 0.703. The molecule has 0 aromatic heterocycles. The highest BCUT2D eigenvalue weighted by molar-refractivity contribution is 9.10. The summed E-state index contributed by atoms with van der Waals surface area (Å²) >= 11 is 3.41. The average molecular weight is 391 g/mol. The third-order valence-corrected chi connectivity index (χ3v) is 3.45. The van der Waals surface area contributed by atoms with Gasteiger partial charge in [0.1, 0.15) is 11.9 Å². The fraction of sp³-hybridized carbons (Fsp3) is 0.350. The van der Waals surface area contributed by atoms with E-state index in [2.05, 4.69) is 22.0 Å². The highest BCUT2D eigenvalue weighted by atomic mass is 79.9. The Morgan fingerprint density at radius 1 is 0.958 bits per heavy atom. The van der Waals surface area contributed by atoms with Gasteiger partial charge in [0.2, 0.25) is 0 Å². The van der Waals surface area contributed by atoms with Crippen LogP contribution in [0.2, 0.25) is 0 Å². The number of ether oxygens (including phenoxy) is 1. The van der Waals surface area contributed by atoms with Crippen molar-refractivity contribution in [3.8, 4) is 11.8 Å². The summed E-state index contributed by atoms with van der Waals surface area (Å²) < 4.78 is 6.97. The van der Waals surface area contributed by atoms with Gasteiger partial charge in [0.15, 0.2) is 0 Å². The molecule has 2 atom stereocenters. The first-order valence-corrected chi connectivity index (χ1v) is 9.07. The van der Waals surface area contributed by atoms with Crippen LogP contribution in [0.15, 0.2) is 53.0 Å². The van der Waals surface area contributed by atoms with E-state index in [4.69, 9.17) is 15.7 Å². The lowest BCUT2D eigenvalue weighted by Crippen LogP contribution is -2.29. The van der Waals surface area contributed by atoms with Crippen LogP contribution in [0.1, 0.15) is 51.8 Å². The summed E-state index contributed by atoms with van der Waals surface area (Å²) in [7, 11) is 0. The molecule has 0 spiro atoms. The number of nitrogens with two attached hydrogens (primary N) is 1. The molecule has 24 heavy (non-hydrogen) atoms. The molecule has 3 nitrogen and oxygen atoms in total. The monoisotopic (exact) mass is 390 g/mol. The molecule has 0 heterocycles. The third-order valence-electron chi connectivity index (χ3n) is 2.92. The summed E-state index contributed by atoms with van der Waals surface area (Å²) in [6, 6.07) is 16.9. The van der Waals surface area contributed by atoms with Crippen molar-refractivity contribution in [2.24, 2.45) is 5.73 Å². The number of hydrogen-bond donors (Lipinski definition) is 1. The van der Waals surface area contributed by atoms with Gasteiger partial charge in [0.25, 0.3) is 0 Å². The Labute approximate surface area is 154 Å². The molecular formula is C20H27BrN2O. The second-order valence-electron chi connectivity index (χ2n) is 4.59. The van der Waals surface area contributed by atoms with E-state index in [1.165, 1.54) is 0 Å². The van der Waals surface area contributed by atoms with Crippen LogP contribution in [0.25, 0.3) is 0 Å². The number of benzene rings is 2. The number of hydrogen-bond acceptors (Lipinski definition) is 3. The van der Waals surface area contributed by atoms with E-state index in [1.54, 1.807) is 24.3 Å². The molecule has 0 saturated heterocycles. The van der Waals surface area contributed by atoms with Crippen LogP contribution in [-0.4, -0.2) is 6.04 Å². The van der Waals surface area contributed by atoms with Gasteiger partial charge >= 0.3 is 0 Å². The van der Waals surface area contributed by atoms with Crippen molar-refractivity contribution in [2.75, 3.05) is 0 Å². The maximum atomic E-state index is 8.79. The molecule has 1 unspecified atom stereocenters. The molecule has 2 aromatic carbocycles. The SMILES string of the molecule is CC.CC.CC(N)[C@H](Oc1ccc(C#N)cc1)c1ccc(Br)cc1. The van der Waals surface area contributed by atoms with Crippen LogP contribution in [-0.2, 0) is 0 Å². The molecule has 0 aliphatic carbocycles. The fourth-order valence-electron chi connectivity index (χ4n) is 1.89. The zero-order chi connectivity index (χ0) is 18.5. The van der Waals surface area contributed by atoms with Crippen molar-refractivity contribution in [3.05, 3.63) is 64.1 Å². The van der Waals surface area contributed by atoms with Crippen LogP contribution in [0.5, 0.6) is 5.75 Å². The second kappa shape index (κ2) is 12.6. The van der Waals surface area contributed by atoms with Crippen molar-refractivity contribution < 1.29 is 4.74 Å². The lowest BCUT2D eigenvalue weighted by atomic mass is 10.0. The highest BCUT2D eigenvalue weighted by Crippen LogP contribution is 2.25. The Bertz CT molecular complexity index is 601. The Morgan fingerprint density at radius 3 is 1.88 bits per heavy atom. The van der Waals surface area contributed by atoms with Gasteiger partial charge in [-0.2, -0.15) is 5.26 Å². The van der Waals surface area contributed by atoms with Gasteiger partial charge in [-0.3, -0.25) is 0 Å². The van der Waals surface area contributed by atoms with Gasteiger partial charge in [0, 0.05) is 10.5 Å². The van der Waals surface area contributed by atoms with Gasteiger partial charge in [-0.05, 0) is 48.9 Å². The van der Waals surface area contributed by atoms with Gasteiger partial charge in [-0.15, -0.1) is 0 Å². The zero-order valence-corrected chi connectivity index (χ0v) is 16.7. The molecule has 0 saturated carbocycles. The molecule has 0 fully saturated rings. The topological polar surface area (TPSA) is 59.0 Å². The minimum absolute atomic E-state index is 0.146. The normalized spacial score (nSPS) is 11.6. The second-order valence-corrected chi connectivity index (χ2v) is 5.50. The number of nitriles is 1. The first-order valence-electron chi connectivity index (χ1n) is 8.28. The fourth-order valence-corrected chi connectivity index (χ4v) is 2.15. The molecule has 2 N–H and O–H groups in total. The van der Waals surface area contributed by atoms with Gasteiger partial charge in [-0.25, -0.2) is 0 Å². The van der Waals surface area contributed by atoms with Crippen LogP contribution < -0.4 is 10.5 Å². The zero-order valence-electron chi connectivity index (χ0n) is 15.1. The van der Waals surface area contributed by atoms with Crippen LogP contribution in [0.3, 0.4) is 0 Å². The van der Waals surface area contributed by atoms with Crippen molar-refractivity contribution >= 4 is 15.9 Å². The summed E-state index contributed by atoms with van der Waals surface area (Å²) in [5, 5.41) is 8.79. The van der Waals surface area contributed by atoms with Crippen LogP contribution >= 0.6 is 15.9 Å². The van der Waals surface area contributed by atoms with Gasteiger partial charge in [0.05, 0.1) is 11.6 Å². The molecule has 0 aliphatic rings. The van der Waals surface area contributed by atoms with E-state index < -0.39 is 0 Å². The standard InChI is InChI=1S/C16H15BrN2O.2C2H6/c1-11(19)16(13-4-6-14(17)7-5-13)20-15-8-2-12(10-18)3-9-15;2*1-2/h2-9,11,16H,19H2,1H3;2*1-2H3/t11?,16-;;/m0../s1. The Balaban J connectivity index is 0.00000123. The molecule has 4 heteroatoms. The van der Waals surface area contributed by atoms with Crippen LogP contribution in [0, 0.1) is 11.3 Å². The summed E-state index contributed by atoms with van der Waals surface area (Å²) in [6.45, 7) is 9.91. The first-order chi connectivity index (χ1) is 11.6. The maximum Gasteiger partial charge on any atom is 0.138 e. The van der Waals surface area contributed by atoms with E-state index in [9.17, 15) is 0 Å². The van der Waals surface area contributed by atoms with E-state index >= 15 is 0 Å². The number of halogens is 1. The van der Waals surface area contributed by atoms with E-state index in [1.807, 2.05) is 58.9 Å². The molecule has 0 aliphatic heterocycles. The smallest absolute Gasteiger partial charge is 0.138 e. The third kappa shape index (κ3) is 7.16. The first kappa shape index (κ1) is 22.2. The minimum Gasteiger partial charge on any atom is -0.484 e. The molecule has 0 radical (unpaired) electrons.